The van der Waals surface area contributed by atoms with Gasteiger partial charge in [0.15, 0.2) is 0 Å². The van der Waals surface area contributed by atoms with Crippen LogP contribution in [-0.4, -0.2) is 46.4 Å². The molecule has 3 aromatic rings. The molecular weight excluding hydrogens is 430 g/mol. The van der Waals surface area contributed by atoms with Gasteiger partial charge in [0, 0.05) is 56.1 Å². The Hall–Kier alpha value is -2.98. The summed E-state index contributed by atoms with van der Waals surface area (Å²) in [7, 11) is 0. The van der Waals surface area contributed by atoms with Crippen molar-refractivity contribution in [1.29, 1.82) is 0 Å². The second-order valence-corrected chi connectivity index (χ2v) is 10.4. The molecule has 0 bridgehead atoms. The van der Waals surface area contributed by atoms with Gasteiger partial charge in [0.05, 0.1) is 0 Å². The maximum absolute atomic E-state index is 13.8. The van der Waals surface area contributed by atoms with Crippen LogP contribution in [0.4, 0.5) is 0 Å². The summed E-state index contributed by atoms with van der Waals surface area (Å²) in [5.74, 6) is 1.02. The lowest BCUT2D eigenvalue weighted by Crippen LogP contribution is -2.45. The predicted molar refractivity (Wildman–Crippen MR) is 141 cm³/mol. The Morgan fingerprint density at radius 2 is 1.71 bits per heavy atom. The van der Waals surface area contributed by atoms with Gasteiger partial charge in [0.2, 0.25) is 0 Å². The maximum atomic E-state index is 13.8. The van der Waals surface area contributed by atoms with Gasteiger partial charge in [0.25, 0.3) is 5.91 Å². The van der Waals surface area contributed by atoms with Crippen LogP contribution in [0.3, 0.4) is 0 Å². The van der Waals surface area contributed by atoms with Crippen LogP contribution < -0.4 is 0 Å². The molecule has 0 radical (unpaired) electrons. The fourth-order valence-corrected chi connectivity index (χ4v) is 6.17. The third kappa shape index (κ3) is 5.65. The highest BCUT2D eigenvalue weighted by Gasteiger charge is 2.38. The third-order valence-electron chi connectivity index (χ3n) is 7.96. The molecule has 2 atom stereocenters. The molecule has 0 unspecified atom stereocenters. The summed E-state index contributed by atoms with van der Waals surface area (Å²) in [5, 5.41) is 0. The number of hydrogen-bond acceptors (Lipinski definition) is 3. The van der Waals surface area contributed by atoms with Gasteiger partial charge in [-0.25, -0.2) is 0 Å². The van der Waals surface area contributed by atoms with Crippen LogP contribution in [0.2, 0.25) is 0 Å². The molecule has 1 saturated heterocycles. The zero-order valence-electron chi connectivity index (χ0n) is 20.9. The van der Waals surface area contributed by atoms with Gasteiger partial charge >= 0.3 is 0 Å². The lowest BCUT2D eigenvalue weighted by Gasteiger charge is -2.37. The Labute approximate surface area is 210 Å². The van der Waals surface area contributed by atoms with Crippen LogP contribution in [0.5, 0.6) is 0 Å². The van der Waals surface area contributed by atoms with Crippen LogP contribution in [0, 0.1) is 12.8 Å². The Morgan fingerprint density at radius 1 is 0.943 bits per heavy atom. The van der Waals surface area contributed by atoms with Crippen molar-refractivity contribution in [3.8, 4) is 0 Å². The quantitative estimate of drug-likeness (QED) is 0.422. The number of aryl methyl sites for hydroxylation is 1. The van der Waals surface area contributed by atoms with E-state index in [2.05, 4.69) is 52.0 Å². The van der Waals surface area contributed by atoms with Crippen molar-refractivity contribution in [3.05, 3.63) is 101 Å². The van der Waals surface area contributed by atoms with E-state index in [1.165, 1.54) is 36.0 Å². The number of pyridine rings is 1. The molecule has 35 heavy (non-hydrogen) atoms. The fraction of sp³-hybridized carbons (Fsp3) is 0.419. The molecule has 182 valence electrons. The van der Waals surface area contributed by atoms with Crippen molar-refractivity contribution in [2.75, 3.05) is 19.6 Å². The summed E-state index contributed by atoms with van der Waals surface area (Å²) < 4.78 is 0. The maximum Gasteiger partial charge on any atom is 0.254 e. The SMILES string of the molecule is Cc1ccccc1[C@@H]1CN(Cc2cccnc2)C[C@H]1CN(C(=O)c1ccccc1)C1CCCCC1. The number of nitrogens with zero attached hydrogens (tertiary/aromatic N) is 3. The zero-order valence-corrected chi connectivity index (χ0v) is 20.9. The van der Waals surface area contributed by atoms with Crippen LogP contribution in [0.1, 0.15) is 65.1 Å². The van der Waals surface area contributed by atoms with E-state index in [-0.39, 0.29) is 5.91 Å². The first-order valence-electron chi connectivity index (χ1n) is 13.2. The summed E-state index contributed by atoms with van der Waals surface area (Å²) in [5.41, 5.74) is 4.85. The average molecular weight is 468 g/mol. The summed E-state index contributed by atoms with van der Waals surface area (Å²) >= 11 is 0. The molecule has 2 fully saturated rings. The normalized spacial score (nSPS) is 21.2. The summed E-state index contributed by atoms with van der Waals surface area (Å²) in [4.78, 5) is 23.0. The lowest BCUT2D eigenvalue weighted by molar-refractivity contribution is 0.0588. The van der Waals surface area contributed by atoms with Gasteiger partial charge in [-0.15, -0.1) is 0 Å². The number of benzene rings is 2. The smallest absolute Gasteiger partial charge is 0.254 e. The molecule has 0 N–H and O–H groups in total. The van der Waals surface area contributed by atoms with E-state index in [1.807, 2.05) is 48.8 Å². The highest BCUT2D eigenvalue weighted by atomic mass is 16.2. The predicted octanol–water partition coefficient (Wildman–Crippen LogP) is 6.08. The minimum Gasteiger partial charge on any atom is -0.335 e. The number of amides is 1. The average Bonchev–Trinajstić information content (AvgIpc) is 3.30. The molecule has 1 aromatic heterocycles. The second-order valence-electron chi connectivity index (χ2n) is 10.4. The van der Waals surface area contributed by atoms with Gasteiger partial charge in [-0.2, -0.15) is 0 Å². The van der Waals surface area contributed by atoms with Crippen molar-refractivity contribution in [1.82, 2.24) is 14.8 Å². The summed E-state index contributed by atoms with van der Waals surface area (Å²) in [6, 6.07) is 23.2. The van der Waals surface area contributed by atoms with Crippen molar-refractivity contribution in [2.45, 2.75) is 57.5 Å². The van der Waals surface area contributed by atoms with Crippen molar-refractivity contribution in [3.63, 3.8) is 0 Å². The molecule has 2 aliphatic rings. The van der Waals surface area contributed by atoms with Crippen LogP contribution in [-0.2, 0) is 6.54 Å². The number of carbonyl (C=O) groups excluding carboxylic acids is 1. The largest absolute Gasteiger partial charge is 0.335 e. The number of carbonyl (C=O) groups is 1. The van der Waals surface area contributed by atoms with Gasteiger partial charge < -0.3 is 4.90 Å². The molecule has 4 nitrogen and oxygen atoms in total. The molecule has 4 heteroatoms. The molecule has 1 aliphatic carbocycles. The van der Waals surface area contributed by atoms with Gasteiger partial charge in [0.1, 0.15) is 0 Å². The molecule has 1 aliphatic heterocycles. The first-order chi connectivity index (χ1) is 17.2. The summed E-state index contributed by atoms with van der Waals surface area (Å²) in [6.07, 6.45) is 9.80. The van der Waals surface area contributed by atoms with E-state index in [0.29, 0.717) is 17.9 Å². The fourth-order valence-electron chi connectivity index (χ4n) is 6.17. The molecule has 5 rings (SSSR count). The van der Waals surface area contributed by atoms with Gasteiger partial charge in [-0.05, 0) is 60.6 Å². The van der Waals surface area contributed by atoms with Crippen molar-refractivity contribution >= 4 is 5.91 Å². The van der Waals surface area contributed by atoms with Gasteiger partial charge in [-0.1, -0.05) is 67.8 Å². The molecular formula is C31H37N3O. The number of aromatic nitrogens is 1. The monoisotopic (exact) mass is 467 g/mol. The lowest BCUT2D eigenvalue weighted by atomic mass is 9.85. The van der Waals surface area contributed by atoms with E-state index in [1.54, 1.807) is 0 Å². The first kappa shape index (κ1) is 23.7. The highest BCUT2D eigenvalue weighted by Crippen LogP contribution is 2.37. The van der Waals surface area contributed by atoms with Gasteiger partial charge in [-0.3, -0.25) is 14.7 Å². The standard InChI is InChI=1S/C31H37N3O/c1-24-11-8-9-17-29(24)30-23-33(20-25-12-10-18-32-19-25)21-27(30)22-34(28-15-6-3-7-16-28)31(35)26-13-4-2-5-14-26/h2,4-5,8-14,17-19,27-28,30H,3,6-7,15-16,20-23H2,1H3/t27-,30+/m0/s1. The number of rotatable bonds is 7. The molecule has 0 spiro atoms. The summed E-state index contributed by atoms with van der Waals surface area (Å²) in [6.45, 7) is 5.97. The van der Waals surface area contributed by atoms with E-state index >= 15 is 0 Å². The number of likely N-dealkylation sites (tertiary alicyclic amines) is 1. The van der Waals surface area contributed by atoms with Crippen LogP contribution in [0.15, 0.2) is 79.1 Å². The van der Waals surface area contributed by atoms with E-state index < -0.39 is 0 Å². The topological polar surface area (TPSA) is 36.4 Å². The Kier molecular flexibility index (Phi) is 7.58. The highest BCUT2D eigenvalue weighted by molar-refractivity contribution is 5.94. The minimum absolute atomic E-state index is 0.201. The van der Waals surface area contributed by atoms with E-state index in [4.69, 9.17) is 0 Å². The molecule has 1 amide bonds. The Morgan fingerprint density at radius 3 is 2.46 bits per heavy atom. The van der Waals surface area contributed by atoms with Crippen LogP contribution >= 0.6 is 0 Å². The number of hydrogen-bond donors (Lipinski definition) is 0. The Bertz CT molecular complexity index is 1090. The minimum atomic E-state index is 0.201. The first-order valence-corrected chi connectivity index (χ1v) is 13.2. The molecule has 1 saturated carbocycles. The van der Waals surface area contributed by atoms with E-state index in [9.17, 15) is 4.79 Å². The zero-order chi connectivity index (χ0) is 24.0. The molecule has 2 heterocycles. The molecule has 2 aromatic carbocycles. The van der Waals surface area contributed by atoms with Crippen molar-refractivity contribution < 1.29 is 4.79 Å². The van der Waals surface area contributed by atoms with Crippen molar-refractivity contribution in [2.24, 2.45) is 5.92 Å². The second kappa shape index (κ2) is 11.2. The van der Waals surface area contributed by atoms with E-state index in [0.717, 1.165) is 44.6 Å². The van der Waals surface area contributed by atoms with Crippen LogP contribution in [0.25, 0.3) is 0 Å². The Balaban J connectivity index is 1.43. The third-order valence-corrected chi connectivity index (χ3v) is 7.96.